The summed E-state index contributed by atoms with van der Waals surface area (Å²) in [5, 5.41) is 0. The number of nitrogens with zero attached hydrogens (tertiary/aromatic N) is 1. The molecule has 0 radical (unpaired) electrons. The van der Waals surface area contributed by atoms with Gasteiger partial charge in [-0.05, 0) is 49.4 Å². The first-order valence-electron chi connectivity index (χ1n) is 15.2. The van der Waals surface area contributed by atoms with Crippen LogP contribution in [0.3, 0.4) is 0 Å². The van der Waals surface area contributed by atoms with Crippen LogP contribution in [-0.4, -0.2) is 67.8 Å². The standard InChI is InChI=1S/C36H37NO9S3/c1-18-12-11-13-21-22-28(35(5,6)37(24(18)21)29(38)19-14-16-20(17-15-19)34(2,3)4)47-25(31(40)44-8)23(30(39)43-7)36(22)48-26(32(41)45-9)27(49-36)33(42)46-10/h11-17H,1-10H3. The first-order chi connectivity index (χ1) is 23.0. The van der Waals surface area contributed by atoms with Crippen molar-refractivity contribution >= 4 is 76.3 Å². The Bertz CT molecular complexity index is 1870. The number of amides is 1. The van der Waals surface area contributed by atoms with Gasteiger partial charge >= 0.3 is 23.9 Å². The van der Waals surface area contributed by atoms with Crippen molar-refractivity contribution in [3.05, 3.63) is 89.9 Å². The van der Waals surface area contributed by atoms with Crippen molar-refractivity contribution in [2.45, 2.75) is 56.6 Å². The highest BCUT2D eigenvalue weighted by Crippen LogP contribution is 2.71. The Kier molecular flexibility index (Phi) is 9.69. The van der Waals surface area contributed by atoms with Gasteiger partial charge in [0.25, 0.3) is 5.91 Å². The van der Waals surface area contributed by atoms with Crippen LogP contribution in [-0.2, 0) is 43.5 Å². The summed E-state index contributed by atoms with van der Waals surface area (Å²) in [5.41, 5.74) is 2.58. The number of benzene rings is 2. The molecule has 0 N–H and O–H groups in total. The maximum atomic E-state index is 14.7. The van der Waals surface area contributed by atoms with Gasteiger partial charge in [0, 0.05) is 21.6 Å². The highest BCUT2D eigenvalue weighted by molar-refractivity contribution is 8.26. The van der Waals surface area contributed by atoms with Gasteiger partial charge in [0.15, 0.2) is 0 Å². The minimum Gasteiger partial charge on any atom is -0.466 e. The minimum absolute atomic E-state index is 0.102. The lowest BCUT2D eigenvalue weighted by atomic mass is 9.81. The smallest absolute Gasteiger partial charge is 0.345 e. The van der Waals surface area contributed by atoms with E-state index in [0.717, 1.165) is 46.4 Å². The van der Waals surface area contributed by atoms with Crippen LogP contribution in [0.25, 0.3) is 5.57 Å². The number of carbonyl (C=O) groups is 5. The number of anilines is 1. The molecule has 0 aromatic heterocycles. The molecule has 0 unspecified atom stereocenters. The Morgan fingerprint density at radius 1 is 0.714 bits per heavy atom. The quantitative estimate of drug-likeness (QED) is 0.246. The Hall–Kier alpha value is -3.94. The lowest BCUT2D eigenvalue weighted by Gasteiger charge is -2.51. The number of esters is 4. The number of thioether (sulfide) groups is 3. The highest BCUT2D eigenvalue weighted by Gasteiger charge is 2.62. The van der Waals surface area contributed by atoms with Gasteiger partial charge in [0.1, 0.15) is 18.8 Å². The maximum absolute atomic E-state index is 14.7. The average molecular weight is 724 g/mol. The number of hydrogen-bond acceptors (Lipinski definition) is 12. The molecular weight excluding hydrogens is 687 g/mol. The predicted octanol–water partition coefficient (Wildman–Crippen LogP) is 6.52. The van der Waals surface area contributed by atoms with E-state index in [1.165, 1.54) is 28.4 Å². The molecule has 258 valence electrons. The van der Waals surface area contributed by atoms with E-state index in [4.69, 9.17) is 18.9 Å². The molecule has 3 aliphatic rings. The summed E-state index contributed by atoms with van der Waals surface area (Å²) in [5.74, 6) is -3.62. The van der Waals surface area contributed by atoms with Crippen molar-refractivity contribution in [2.24, 2.45) is 0 Å². The second-order valence-electron chi connectivity index (χ2n) is 13.0. The van der Waals surface area contributed by atoms with Crippen LogP contribution in [0.5, 0.6) is 0 Å². The normalized spacial score (nSPS) is 17.8. The molecule has 0 aliphatic carbocycles. The summed E-state index contributed by atoms with van der Waals surface area (Å²) in [7, 11) is 4.73. The summed E-state index contributed by atoms with van der Waals surface area (Å²) in [4.78, 5) is 70.6. The number of para-hydroxylation sites is 1. The molecular formula is C36H37NO9S3. The van der Waals surface area contributed by atoms with Gasteiger partial charge in [-0.15, -0.1) is 0 Å². The zero-order chi connectivity index (χ0) is 36.2. The second-order valence-corrected chi connectivity index (χ2v) is 16.7. The predicted molar refractivity (Wildman–Crippen MR) is 192 cm³/mol. The number of rotatable bonds is 5. The molecule has 0 saturated heterocycles. The number of hydrogen-bond donors (Lipinski definition) is 0. The topological polar surface area (TPSA) is 126 Å². The van der Waals surface area contributed by atoms with E-state index in [-0.39, 0.29) is 31.6 Å². The number of methoxy groups -OCH3 is 4. The molecule has 2 aromatic rings. The van der Waals surface area contributed by atoms with Crippen LogP contribution in [0.1, 0.15) is 61.7 Å². The molecule has 2 aromatic carbocycles. The van der Waals surface area contributed by atoms with Gasteiger partial charge in [-0.3, -0.25) is 9.69 Å². The maximum Gasteiger partial charge on any atom is 0.345 e. The fourth-order valence-corrected chi connectivity index (χ4v) is 11.2. The first-order valence-corrected chi connectivity index (χ1v) is 17.6. The Labute approximate surface area is 298 Å². The molecule has 49 heavy (non-hydrogen) atoms. The van der Waals surface area contributed by atoms with Gasteiger partial charge in [0.05, 0.1) is 45.2 Å². The van der Waals surface area contributed by atoms with Crippen LogP contribution in [0.4, 0.5) is 5.69 Å². The molecule has 3 heterocycles. The number of ether oxygens (including phenoxy) is 4. The zero-order valence-corrected chi connectivity index (χ0v) is 31.3. The lowest BCUT2D eigenvalue weighted by Crippen LogP contribution is -2.54. The third-order valence-electron chi connectivity index (χ3n) is 8.56. The van der Waals surface area contributed by atoms with E-state index in [9.17, 15) is 24.0 Å². The minimum atomic E-state index is -1.65. The van der Waals surface area contributed by atoms with E-state index < -0.39 is 33.5 Å². The van der Waals surface area contributed by atoms with Gasteiger partial charge in [-0.1, -0.05) is 86.4 Å². The lowest BCUT2D eigenvalue weighted by molar-refractivity contribution is -0.138. The summed E-state index contributed by atoms with van der Waals surface area (Å²) >= 11 is 2.79. The van der Waals surface area contributed by atoms with Crippen molar-refractivity contribution in [3.63, 3.8) is 0 Å². The van der Waals surface area contributed by atoms with Crippen molar-refractivity contribution in [1.82, 2.24) is 0 Å². The summed E-state index contributed by atoms with van der Waals surface area (Å²) in [6.45, 7) is 11.9. The number of aryl methyl sites for hydroxylation is 1. The van der Waals surface area contributed by atoms with Crippen molar-refractivity contribution < 1.29 is 42.9 Å². The summed E-state index contributed by atoms with van der Waals surface area (Å²) in [6.07, 6.45) is 0. The van der Waals surface area contributed by atoms with Crippen LogP contribution in [0, 0.1) is 6.92 Å². The Balaban J connectivity index is 1.85. The van der Waals surface area contributed by atoms with Crippen LogP contribution >= 0.6 is 35.3 Å². The molecule has 0 bridgehead atoms. The van der Waals surface area contributed by atoms with E-state index in [2.05, 4.69) is 20.8 Å². The van der Waals surface area contributed by atoms with Crippen LogP contribution < -0.4 is 4.90 Å². The molecule has 5 rings (SSSR count). The third-order valence-corrected chi connectivity index (χ3v) is 13.2. The second kappa shape index (κ2) is 13.1. The zero-order valence-electron chi connectivity index (χ0n) is 28.9. The first kappa shape index (κ1) is 36.3. The van der Waals surface area contributed by atoms with E-state index in [1.54, 1.807) is 4.90 Å². The summed E-state index contributed by atoms with van der Waals surface area (Å²) in [6, 6.07) is 13.0. The monoisotopic (exact) mass is 723 g/mol. The molecule has 10 nitrogen and oxygen atoms in total. The molecule has 1 amide bonds. The Morgan fingerprint density at radius 3 is 1.71 bits per heavy atom. The fourth-order valence-electron chi connectivity index (χ4n) is 6.12. The average Bonchev–Trinajstić information content (AvgIpc) is 3.46. The van der Waals surface area contributed by atoms with Crippen molar-refractivity contribution in [1.29, 1.82) is 0 Å². The summed E-state index contributed by atoms with van der Waals surface area (Å²) < 4.78 is 18.9. The van der Waals surface area contributed by atoms with E-state index >= 15 is 0 Å². The molecule has 0 saturated carbocycles. The Morgan fingerprint density at radius 2 is 1.22 bits per heavy atom. The fraction of sp³-hybridized carbons (Fsp3) is 0.361. The van der Waals surface area contributed by atoms with Crippen LogP contribution in [0.15, 0.2) is 67.7 Å². The highest BCUT2D eigenvalue weighted by atomic mass is 32.2. The van der Waals surface area contributed by atoms with Gasteiger partial charge < -0.3 is 18.9 Å². The SMILES string of the molecule is COC(=O)C1=C(C(=O)OC)SC2(S1)C(C(=O)OC)=C(C(=O)OC)SC1=C2c2cccc(C)c2N(C(=O)c2ccc(C(C)(C)C)cc2)C1(C)C. The third kappa shape index (κ3) is 5.79. The number of fused-ring (bicyclic) bond motifs is 3. The van der Waals surface area contributed by atoms with Gasteiger partial charge in [-0.25, -0.2) is 19.2 Å². The molecule has 0 fully saturated rings. The van der Waals surface area contributed by atoms with E-state index in [0.29, 0.717) is 27.3 Å². The van der Waals surface area contributed by atoms with E-state index in [1.807, 2.05) is 63.2 Å². The van der Waals surface area contributed by atoms with Gasteiger partial charge in [-0.2, -0.15) is 0 Å². The largest absolute Gasteiger partial charge is 0.466 e. The van der Waals surface area contributed by atoms with Crippen molar-refractivity contribution in [2.75, 3.05) is 33.3 Å². The number of carbonyl (C=O) groups excluding carboxylic acids is 5. The molecule has 1 spiro atoms. The molecule has 13 heteroatoms. The molecule has 3 aliphatic heterocycles. The van der Waals surface area contributed by atoms with Crippen LogP contribution in [0.2, 0.25) is 0 Å². The molecule has 0 atom stereocenters. The van der Waals surface area contributed by atoms with Crippen molar-refractivity contribution in [3.8, 4) is 0 Å². The van der Waals surface area contributed by atoms with Gasteiger partial charge in [0.2, 0.25) is 0 Å².